The number of nitrogens with one attached hydrogen (secondary N) is 1. The van der Waals surface area contributed by atoms with Crippen LogP contribution in [0.25, 0.3) is 0 Å². The lowest BCUT2D eigenvalue weighted by atomic mass is 10.2. The van der Waals surface area contributed by atoms with E-state index in [4.69, 9.17) is 0 Å². The molecule has 128 valence electrons. The van der Waals surface area contributed by atoms with Gasteiger partial charge in [0, 0.05) is 17.6 Å². The van der Waals surface area contributed by atoms with E-state index in [9.17, 15) is 13.2 Å². The molecule has 1 amide bonds. The van der Waals surface area contributed by atoms with Gasteiger partial charge < -0.3 is 5.32 Å². The first-order chi connectivity index (χ1) is 11.4. The molecular weight excluding hydrogens is 346 g/mol. The fourth-order valence-electron chi connectivity index (χ4n) is 2.77. The summed E-state index contributed by atoms with van der Waals surface area (Å²) in [4.78, 5) is 17.6. The maximum Gasteiger partial charge on any atom is 0.253 e. The summed E-state index contributed by atoms with van der Waals surface area (Å²) in [5, 5.41) is 2.73. The Hall–Kier alpha value is -1.77. The third-order valence-corrected chi connectivity index (χ3v) is 7.33. The first-order valence-electron chi connectivity index (χ1n) is 7.70. The van der Waals surface area contributed by atoms with Gasteiger partial charge in [-0.05, 0) is 56.5 Å². The standard InChI is InChI=1S/C16H19N3O3S2/c1-11-7-8-17-14(10-11)18-16(20)13-4-3-9-19(13)24(21,22)15-6-5-12(2)23-15/h5-8,10,13H,3-4,9H2,1-2H3,(H,17,18,20). The van der Waals surface area contributed by atoms with E-state index in [0.29, 0.717) is 25.2 Å². The molecule has 0 radical (unpaired) electrons. The lowest BCUT2D eigenvalue weighted by Gasteiger charge is -2.22. The predicted molar refractivity (Wildman–Crippen MR) is 93.6 cm³/mol. The summed E-state index contributed by atoms with van der Waals surface area (Å²) in [5.74, 6) is 0.110. The Bertz CT molecular complexity index is 861. The van der Waals surface area contributed by atoms with Crippen LogP contribution in [0.15, 0.2) is 34.7 Å². The molecule has 2 aromatic heterocycles. The van der Waals surface area contributed by atoms with Crippen molar-refractivity contribution >= 4 is 33.1 Å². The number of sulfonamides is 1. The topological polar surface area (TPSA) is 79.4 Å². The van der Waals surface area contributed by atoms with Crippen molar-refractivity contribution in [3.63, 3.8) is 0 Å². The molecule has 1 fully saturated rings. The van der Waals surface area contributed by atoms with Crippen molar-refractivity contribution in [3.05, 3.63) is 40.9 Å². The number of aromatic nitrogens is 1. The zero-order valence-corrected chi connectivity index (χ0v) is 15.2. The van der Waals surface area contributed by atoms with E-state index in [2.05, 4.69) is 10.3 Å². The molecular formula is C16H19N3O3S2. The molecule has 3 rings (SSSR count). The smallest absolute Gasteiger partial charge is 0.253 e. The van der Waals surface area contributed by atoms with Crippen LogP contribution in [0.4, 0.5) is 5.82 Å². The molecule has 1 saturated heterocycles. The van der Waals surface area contributed by atoms with Crippen LogP contribution in [0.3, 0.4) is 0 Å². The van der Waals surface area contributed by atoms with Gasteiger partial charge >= 0.3 is 0 Å². The van der Waals surface area contributed by atoms with Crippen molar-refractivity contribution in [2.24, 2.45) is 0 Å². The summed E-state index contributed by atoms with van der Waals surface area (Å²) in [6.45, 7) is 4.13. The summed E-state index contributed by atoms with van der Waals surface area (Å²) in [5.41, 5.74) is 0.977. The number of carbonyl (C=O) groups is 1. The average molecular weight is 365 g/mol. The maximum atomic E-state index is 12.8. The summed E-state index contributed by atoms with van der Waals surface area (Å²) in [6, 6.07) is 6.28. The second-order valence-corrected chi connectivity index (χ2v) is 9.25. The Labute approximate surface area is 145 Å². The van der Waals surface area contributed by atoms with Crippen LogP contribution in [-0.2, 0) is 14.8 Å². The number of aryl methyl sites for hydroxylation is 2. The summed E-state index contributed by atoms with van der Waals surface area (Å²) in [7, 11) is -3.64. The highest BCUT2D eigenvalue weighted by atomic mass is 32.2. The zero-order chi connectivity index (χ0) is 17.3. The monoisotopic (exact) mass is 365 g/mol. The van der Waals surface area contributed by atoms with E-state index in [1.165, 1.54) is 15.6 Å². The molecule has 1 unspecified atom stereocenters. The van der Waals surface area contributed by atoms with Crippen LogP contribution in [0, 0.1) is 13.8 Å². The number of anilines is 1. The Morgan fingerprint density at radius 1 is 1.33 bits per heavy atom. The lowest BCUT2D eigenvalue weighted by Crippen LogP contribution is -2.43. The molecule has 3 heterocycles. The van der Waals surface area contributed by atoms with Gasteiger partial charge in [0.25, 0.3) is 10.0 Å². The summed E-state index contributed by atoms with van der Waals surface area (Å²) >= 11 is 1.23. The van der Waals surface area contributed by atoms with E-state index in [0.717, 1.165) is 10.4 Å². The second kappa shape index (κ2) is 6.62. The van der Waals surface area contributed by atoms with Crippen LogP contribution in [0.1, 0.15) is 23.3 Å². The van der Waals surface area contributed by atoms with Crippen LogP contribution < -0.4 is 5.32 Å². The number of carbonyl (C=O) groups excluding carboxylic acids is 1. The Balaban J connectivity index is 1.81. The fraction of sp³-hybridized carbons (Fsp3) is 0.375. The van der Waals surface area contributed by atoms with E-state index in [1.807, 2.05) is 19.9 Å². The molecule has 2 aromatic rings. The van der Waals surface area contributed by atoms with Crippen molar-refractivity contribution in [2.45, 2.75) is 36.9 Å². The van der Waals surface area contributed by atoms with Gasteiger partial charge in [0.05, 0.1) is 0 Å². The zero-order valence-electron chi connectivity index (χ0n) is 13.5. The molecule has 0 bridgehead atoms. The van der Waals surface area contributed by atoms with Crippen LogP contribution in [-0.4, -0.2) is 36.2 Å². The number of thiophene rings is 1. The molecule has 6 nitrogen and oxygen atoms in total. The van der Waals surface area contributed by atoms with Gasteiger partial charge in [0.2, 0.25) is 5.91 Å². The lowest BCUT2D eigenvalue weighted by molar-refractivity contribution is -0.119. The van der Waals surface area contributed by atoms with Gasteiger partial charge in [-0.15, -0.1) is 11.3 Å². The Morgan fingerprint density at radius 2 is 2.12 bits per heavy atom. The third kappa shape index (κ3) is 3.35. The molecule has 1 N–H and O–H groups in total. The van der Waals surface area contributed by atoms with Gasteiger partial charge in [0.1, 0.15) is 16.1 Å². The van der Waals surface area contributed by atoms with Gasteiger partial charge in [-0.2, -0.15) is 4.31 Å². The van der Waals surface area contributed by atoms with Crippen molar-refractivity contribution in [1.29, 1.82) is 0 Å². The molecule has 0 aliphatic carbocycles. The highest BCUT2D eigenvalue weighted by molar-refractivity contribution is 7.91. The van der Waals surface area contributed by atoms with E-state index in [1.54, 1.807) is 24.4 Å². The molecule has 1 atom stereocenters. The highest BCUT2D eigenvalue weighted by Gasteiger charge is 2.40. The van der Waals surface area contributed by atoms with Gasteiger partial charge in [0.15, 0.2) is 0 Å². The first-order valence-corrected chi connectivity index (χ1v) is 9.95. The largest absolute Gasteiger partial charge is 0.309 e. The van der Waals surface area contributed by atoms with Gasteiger partial charge in [-0.1, -0.05) is 0 Å². The predicted octanol–water partition coefficient (Wildman–Crippen LogP) is 2.55. The van der Waals surface area contributed by atoms with Crippen molar-refractivity contribution in [3.8, 4) is 0 Å². The first kappa shape index (κ1) is 17.1. The SMILES string of the molecule is Cc1ccnc(NC(=O)C2CCCN2S(=O)(=O)c2ccc(C)s2)c1. The highest BCUT2D eigenvalue weighted by Crippen LogP contribution is 2.30. The minimum atomic E-state index is -3.64. The fourth-order valence-corrected chi connectivity index (χ4v) is 5.84. The van der Waals surface area contributed by atoms with E-state index >= 15 is 0 Å². The number of hydrogen-bond acceptors (Lipinski definition) is 5. The molecule has 0 saturated carbocycles. The quantitative estimate of drug-likeness (QED) is 0.903. The number of hydrogen-bond donors (Lipinski definition) is 1. The van der Waals surface area contributed by atoms with Gasteiger partial charge in [-0.25, -0.2) is 13.4 Å². The molecule has 0 spiro atoms. The molecule has 1 aliphatic rings. The summed E-state index contributed by atoms with van der Waals surface area (Å²) < 4.78 is 27.2. The number of rotatable bonds is 4. The third-order valence-electron chi connectivity index (χ3n) is 3.95. The molecule has 1 aliphatic heterocycles. The normalized spacial score (nSPS) is 18.7. The molecule has 0 aromatic carbocycles. The van der Waals surface area contributed by atoms with Crippen molar-refractivity contribution in [2.75, 3.05) is 11.9 Å². The number of nitrogens with zero attached hydrogens (tertiary/aromatic N) is 2. The minimum absolute atomic E-state index is 0.286. The van der Waals surface area contributed by atoms with E-state index < -0.39 is 16.1 Å². The van der Waals surface area contributed by atoms with Crippen LogP contribution >= 0.6 is 11.3 Å². The average Bonchev–Trinajstić information content (AvgIpc) is 3.16. The number of pyridine rings is 1. The second-order valence-electron chi connectivity index (χ2n) is 5.85. The summed E-state index contributed by atoms with van der Waals surface area (Å²) in [6.07, 6.45) is 2.80. The Kier molecular flexibility index (Phi) is 4.71. The Morgan fingerprint density at radius 3 is 2.79 bits per heavy atom. The van der Waals surface area contributed by atoms with E-state index in [-0.39, 0.29) is 10.1 Å². The molecule has 24 heavy (non-hydrogen) atoms. The van der Waals surface area contributed by atoms with Crippen LogP contribution in [0.2, 0.25) is 0 Å². The van der Waals surface area contributed by atoms with Crippen LogP contribution in [0.5, 0.6) is 0 Å². The molecule has 8 heteroatoms. The van der Waals surface area contributed by atoms with Crippen molar-refractivity contribution in [1.82, 2.24) is 9.29 Å². The van der Waals surface area contributed by atoms with Crippen molar-refractivity contribution < 1.29 is 13.2 Å². The number of amides is 1. The maximum absolute atomic E-state index is 12.8. The minimum Gasteiger partial charge on any atom is -0.309 e. The van der Waals surface area contributed by atoms with Gasteiger partial charge in [-0.3, -0.25) is 4.79 Å².